The molecule has 3 aromatic rings. The number of hydrogen-bond donors (Lipinski definition) is 1. The summed E-state index contributed by atoms with van der Waals surface area (Å²) >= 11 is 1.39. The van der Waals surface area contributed by atoms with Gasteiger partial charge in [0.1, 0.15) is 11.6 Å². The Balaban J connectivity index is 1.47. The zero-order valence-electron chi connectivity index (χ0n) is 17.0. The summed E-state index contributed by atoms with van der Waals surface area (Å²) in [6.45, 7) is 2.06. The molecule has 0 saturated carbocycles. The lowest BCUT2D eigenvalue weighted by atomic mass is 10.0. The van der Waals surface area contributed by atoms with Gasteiger partial charge >= 0.3 is 0 Å². The fourth-order valence-electron chi connectivity index (χ4n) is 3.08. The molecule has 0 atom stereocenters. The number of thioether (sulfide) groups is 1. The van der Waals surface area contributed by atoms with Gasteiger partial charge in [0.2, 0.25) is 5.91 Å². The van der Waals surface area contributed by atoms with E-state index in [2.05, 4.69) is 34.6 Å². The average molecular weight is 411 g/mol. The maximum absolute atomic E-state index is 12.1. The van der Waals surface area contributed by atoms with Crippen LogP contribution in [0.4, 0.5) is 5.69 Å². The molecule has 152 valence electrons. The van der Waals surface area contributed by atoms with Crippen LogP contribution in [0.3, 0.4) is 0 Å². The Hall–Kier alpha value is -2.80. The molecule has 0 radical (unpaired) electrons. The lowest BCUT2D eigenvalue weighted by molar-refractivity contribution is -0.113. The Morgan fingerprint density at radius 2 is 1.93 bits per heavy atom. The first-order valence-corrected chi connectivity index (χ1v) is 10.5. The SMILES string of the molecule is COc1ccc(CCCc2nnc(SCC(=O)Nc3ccccc3)n2C)cc1C. The van der Waals surface area contributed by atoms with E-state index in [1.54, 1.807) is 7.11 Å². The van der Waals surface area contributed by atoms with Crippen molar-refractivity contribution >= 4 is 23.4 Å². The molecule has 1 amide bonds. The number of ether oxygens (including phenoxy) is 1. The van der Waals surface area contributed by atoms with Gasteiger partial charge in [-0.1, -0.05) is 42.1 Å². The number of anilines is 1. The molecule has 6 nitrogen and oxygen atoms in total. The van der Waals surface area contributed by atoms with Crippen molar-refractivity contribution < 1.29 is 9.53 Å². The Morgan fingerprint density at radius 1 is 1.14 bits per heavy atom. The van der Waals surface area contributed by atoms with Crippen molar-refractivity contribution in [3.8, 4) is 5.75 Å². The van der Waals surface area contributed by atoms with E-state index in [9.17, 15) is 4.79 Å². The van der Waals surface area contributed by atoms with Crippen LogP contribution in [0.5, 0.6) is 5.75 Å². The third-order valence-electron chi connectivity index (χ3n) is 4.64. The molecule has 1 N–H and O–H groups in total. The molecule has 0 unspecified atom stereocenters. The third-order valence-corrected chi connectivity index (χ3v) is 5.66. The zero-order chi connectivity index (χ0) is 20.6. The van der Waals surface area contributed by atoms with Gasteiger partial charge in [-0.15, -0.1) is 10.2 Å². The molecule has 1 heterocycles. The molecule has 3 rings (SSSR count). The van der Waals surface area contributed by atoms with Gasteiger partial charge in [0.15, 0.2) is 5.16 Å². The Kier molecular flexibility index (Phi) is 7.30. The lowest BCUT2D eigenvalue weighted by Gasteiger charge is -2.08. The predicted octanol–water partition coefficient (Wildman–Crippen LogP) is 4.04. The van der Waals surface area contributed by atoms with Crippen molar-refractivity contribution in [2.75, 3.05) is 18.2 Å². The van der Waals surface area contributed by atoms with Crippen molar-refractivity contribution in [1.29, 1.82) is 0 Å². The summed E-state index contributed by atoms with van der Waals surface area (Å²) < 4.78 is 7.28. The van der Waals surface area contributed by atoms with Crippen LogP contribution < -0.4 is 10.1 Å². The first-order chi connectivity index (χ1) is 14.1. The van der Waals surface area contributed by atoms with Gasteiger partial charge in [-0.2, -0.15) is 0 Å². The first kappa shape index (κ1) is 20.9. The average Bonchev–Trinajstić information content (AvgIpc) is 3.07. The van der Waals surface area contributed by atoms with Crippen LogP contribution in [0, 0.1) is 6.92 Å². The van der Waals surface area contributed by atoms with Crippen molar-refractivity contribution in [2.24, 2.45) is 7.05 Å². The van der Waals surface area contributed by atoms with Gasteiger partial charge in [-0.3, -0.25) is 4.79 Å². The van der Waals surface area contributed by atoms with Crippen molar-refractivity contribution in [3.63, 3.8) is 0 Å². The minimum atomic E-state index is -0.0550. The summed E-state index contributed by atoms with van der Waals surface area (Å²) in [6, 6.07) is 15.7. The molecule has 0 bridgehead atoms. The monoisotopic (exact) mass is 410 g/mol. The van der Waals surface area contributed by atoms with Crippen molar-refractivity contribution in [3.05, 3.63) is 65.5 Å². The Morgan fingerprint density at radius 3 is 2.66 bits per heavy atom. The maximum atomic E-state index is 12.1. The number of hydrogen-bond acceptors (Lipinski definition) is 5. The molecule has 0 aliphatic rings. The number of aryl methyl sites for hydroxylation is 3. The zero-order valence-corrected chi connectivity index (χ0v) is 17.8. The van der Waals surface area contributed by atoms with E-state index in [1.165, 1.54) is 17.3 Å². The van der Waals surface area contributed by atoms with Gasteiger partial charge in [0.25, 0.3) is 0 Å². The van der Waals surface area contributed by atoms with Gasteiger partial charge in [0, 0.05) is 19.2 Å². The molecule has 7 heteroatoms. The summed E-state index contributed by atoms with van der Waals surface area (Å²) in [5, 5.41) is 12.2. The topological polar surface area (TPSA) is 69.0 Å². The number of benzene rings is 2. The minimum Gasteiger partial charge on any atom is -0.496 e. The van der Waals surface area contributed by atoms with Crippen LogP contribution in [0.25, 0.3) is 0 Å². The summed E-state index contributed by atoms with van der Waals surface area (Å²) in [6.07, 6.45) is 2.79. The van der Waals surface area contributed by atoms with Crippen LogP contribution in [0.15, 0.2) is 53.7 Å². The molecular formula is C22H26N4O2S. The van der Waals surface area contributed by atoms with Gasteiger partial charge in [0.05, 0.1) is 12.9 Å². The highest BCUT2D eigenvalue weighted by atomic mass is 32.2. The number of carbonyl (C=O) groups is 1. The van der Waals surface area contributed by atoms with Gasteiger partial charge in [-0.05, 0) is 49.1 Å². The number of rotatable bonds is 9. The van der Waals surface area contributed by atoms with Crippen LogP contribution >= 0.6 is 11.8 Å². The molecule has 0 saturated heterocycles. The molecule has 1 aromatic heterocycles. The molecule has 0 aliphatic carbocycles. The smallest absolute Gasteiger partial charge is 0.234 e. The predicted molar refractivity (Wildman–Crippen MR) is 117 cm³/mol. The highest BCUT2D eigenvalue weighted by Crippen LogP contribution is 2.20. The molecule has 2 aromatic carbocycles. The summed E-state index contributed by atoms with van der Waals surface area (Å²) in [4.78, 5) is 12.1. The van der Waals surface area contributed by atoms with Gasteiger partial charge < -0.3 is 14.6 Å². The number of nitrogens with one attached hydrogen (secondary N) is 1. The summed E-state index contributed by atoms with van der Waals surface area (Å²) in [5.74, 6) is 2.09. The molecular weight excluding hydrogens is 384 g/mol. The molecule has 0 aliphatic heterocycles. The second-order valence-corrected chi connectivity index (χ2v) is 7.76. The van der Waals surface area contributed by atoms with E-state index in [4.69, 9.17) is 4.74 Å². The Bertz CT molecular complexity index is 957. The second-order valence-electron chi connectivity index (χ2n) is 6.82. The number of aromatic nitrogens is 3. The Labute approximate surface area is 175 Å². The fourth-order valence-corrected chi connectivity index (χ4v) is 3.81. The molecule has 0 spiro atoms. The van der Waals surface area contributed by atoms with Crippen LogP contribution in [-0.4, -0.2) is 33.5 Å². The summed E-state index contributed by atoms with van der Waals surface area (Å²) in [7, 11) is 3.64. The maximum Gasteiger partial charge on any atom is 0.234 e. The van der Waals surface area contributed by atoms with Crippen molar-refractivity contribution in [1.82, 2.24) is 14.8 Å². The third kappa shape index (κ3) is 5.84. The van der Waals surface area contributed by atoms with Crippen molar-refractivity contribution in [2.45, 2.75) is 31.3 Å². The van der Waals surface area contributed by atoms with E-state index < -0.39 is 0 Å². The van der Waals surface area contributed by atoms with E-state index in [-0.39, 0.29) is 5.91 Å². The molecule has 0 fully saturated rings. The number of para-hydroxylation sites is 1. The standard InChI is InChI=1S/C22H26N4O2S/c1-16-14-17(12-13-19(16)28-3)8-7-11-20-24-25-22(26(20)2)29-15-21(27)23-18-9-5-4-6-10-18/h4-6,9-10,12-14H,7-8,11,15H2,1-3H3,(H,23,27). The van der Waals surface area contributed by atoms with E-state index in [0.29, 0.717) is 5.75 Å². The number of amides is 1. The van der Waals surface area contributed by atoms with Crippen LogP contribution in [-0.2, 0) is 24.7 Å². The number of methoxy groups -OCH3 is 1. The fraction of sp³-hybridized carbons (Fsp3) is 0.318. The number of carbonyl (C=O) groups excluding carboxylic acids is 1. The van der Waals surface area contributed by atoms with Crippen LogP contribution in [0.2, 0.25) is 0 Å². The largest absolute Gasteiger partial charge is 0.496 e. The summed E-state index contributed by atoms with van der Waals surface area (Å²) in [5.41, 5.74) is 3.24. The highest BCUT2D eigenvalue weighted by Gasteiger charge is 2.12. The molecule has 29 heavy (non-hydrogen) atoms. The lowest BCUT2D eigenvalue weighted by Crippen LogP contribution is -2.14. The second kappa shape index (κ2) is 10.1. The highest BCUT2D eigenvalue weighted by molar-refractivity contribution is 7.99. The van der Waals surface area contributed by atoms with E-state index in [0.717, 1.165) is 47.2 Å². The minimum absolute atomic E-state index is 0.0550. The van der Waals surface area contributed by atoms with E-state index in [1.807, 2.05) is 48.0 Å². The van der Waals surface area contributed by atoms with Gasteiger partial charge in [-0.25, -0.2) is 0 Å². The van der Waals surface area contributed by atoms with E-state index >= 15 is 0 Å². The first-order valence-electron chi connectivity index (χ1n) is 9.56. The van der Waals surface area contributed by atoms with Crippen LogP contribution in [0.1, 0.15) is 23.4 Å². The normalized spacial score (nSPS) is 10.7. The quantitative estimate of drug-likeness (QED) is 0.539. The number of nitrogens with zero attached hydrogens (tertiary/aromatic N) is 3.